The van der Waals surface area contributed by atoms with Crippen molar-refractivity contribution in [3.05, 3.63) is 53.6 Å². The summed E-state index contributed by atoms with van der Waals surface area (Å²) in [6, 6.07) is 9.91. The fourth-order valence-electron chi connectivity index (χ4n) is 1.91. The first-order valence-electron chi connectivity index (χ1n) is 5.71. The molecule has 0 aliphatic heterocycles. The maximum atomic E-state index is 9.05. The average Bonchev–Trinajstić information content (AvgIpc) is 2.78. The van der Waals surface area contributed by atoms with E-state index >= 15 is 0 Å². The van der Waals surface area contributed by atoms with Gasteiger partial charge >= 0.3 is 0 Å². The van der Waals surface area contributed by atoms with E-state index in [1.165, 1.54) is 0 Å². The predicted octanol–water partition coefficient (Wildman–Crippen LogP) is 2.93. The minimum Gasteiger partial charge on any atom is -0.330 e. The van der Waals surface area contributed by atoms with Crippen molar-refractivity contribution >= 4 is 0 Å². The molecule has 0 spiro atoms. The van der Waals surface area contributed by atoms with Crippen LogP contribution in [0.1, 0.15) is 36.7 Å². The van der Waals surface area contributed by atoms with Gasteiger partial charge in [0.2, 0.25) is 0 Å². The number of nitriles is 1. The molecule has 86 valence electrons. The standard InChI is InChI=1S/C14H15N3/c1-11(2)14-16-7-8-17(14)10-13-6-4-3-5-12(13)9-15/h3-8,11H,10H2,1-2H3. The molecule has 0 saturated heterocycles. The third-order valence-electron chi connectivity index (χ3n) is 2.74. The lowest BCUT2D eigenvalue weighted by atomic mass is 10.1. The first kappa shape index (κ1) is 11.4. The SMILES string of the molecule is CC(C)c1nccn1Cc1ccccc1C#N. The second kappa shape index (κ2) is 4.84. The van der Waals surface area contributed by atoms with Gasteiger partial charge in [0, 0.05) is 18.3 Å². The van der Waals surface area contributed by atoms with E-state index in [9.17, 15) is 0 Å². The number of imidazole rings is 1. The van der Waals surface area contributed by atoms with Gasteiger partial charge in [0.25, 0.3) is 0 Å². The molecule has 0 atom stereocenters. The molecule has 1 aromatic heterocycles. The molecule has 0 bridgehead atoms. The van der Waals surface area contributed by atoms with Crippen molar-refractivity contribution < 1.29 is 0 Å². The second-order valence-corrected chi connectivity index (χ2v) is 4.34. The zero-order valence-corrected chi connectivity index (χ0v) is 10.1. The summed E-state index contributed by atoms with van der Waals surface area (Å²) in [5.74, 6) is 1.44. The van der Waals surface area contributed by atoms with E-state index in [1.807, 2.05) is 36.7 Å². The summed E-state index contributed by atoms with van der Waals surface area (Å²) in [5, 5.41) is 9.05. The molecular weight excluding hydrogens is 210 g/mol. The number of hydrogen-bond donors (Lipinski definition) is 0. The van der Waals surface area contributed by atoms with E-state index in [4.69, 9.17) is 5.26 Å². The molecule has 0 amide bonds. The highest BCUT2D eigenvalue weighted by atomic mass is 15.1. The Morgan fingerprint density at radius 1 is 1.35 bits per heavy atom. The monoisotopic (exact) mass is 225 g/mol. The minimum atomic E-state index is 0.388. The molecule has 0 radical (unpaired) electrons. The lowest BCUT2D eigenvalue weighted by Crippen LogP contribution is -2.06. The summed E-state index contributed by atoms with van der Waals surface area (Å²) in [7, 11) is 0. The molecule has 0 unspecified atom stereocenters. The zero-order valence-electron chi connectivity index (χ0n) is 10.1. The van der Waals surface area contributed by atoms with Crippen LogP contribution in [0.2, 0.25) is 0 Å². The highest BCUT2D eigenvalue weighted by molar-refractivity contribution is 5.37. The third-order valence-corrected chi connectivity index (χ3v) is 2.74. The average molecular weight is 225 g/mol. The molecule has 3 nitrogen and oxygen atoms in total. The quantitative estimate of drug-likeness (QED) is 0.806. The lowest BCUT2D eigenvalue weighted by molar-refractivity contribution is 0.669. The van der Waals surface area contributed by atoms with Crippen molar-refractivity contribution in [2.75, 3.05) is 0 Å². The Bertz CT molecular complexity index is 547. The van der Waals surface area contributed by atoms with Crippen LogP contribution in [0.5, 0.6) is 0 Å². The van der Waals surface area contributed by atoms with Crippen molar-refractivity contribution in [2.24, 2.45) is 0 Å². The van der Waals surface area contributed by atoms with E-state index in [2.05, 4.69) is 29.5 Å². The van der Waals surface area contributed by atoms with Crippen molar-refractivity contribution in [1.82, 2.24) is 9.55 Å². The number of benzene rings is 1. The summed E-state index contributed by atoms with van der Waals surface area (Å²) >= 11 is 0. The van der Waals surface area contributed by atoms with Crippen molar-refractivity contribution in [1.29, 1.82) is 5.26 Å². The van der Waals surface area contributed by atoms with Crippen LogP contribution in [-0.4, -0.2) is 9.55 Å². The van der Waals surface area contributed by atoms with Gasteiger partial charge in [-0.2, -0.15) is 5.26 Å². The lowest BCUT2D eigenvalue weighted by Gasteiger charge is -2.11. The maximum absolute atomic E-state index is 9.05. The summed E-state index contributed by atoms with van der Waals surface area (Å²) in [6.07, 6.45) is 3.77. The van der Waals surface area contributed by atoms with Crippen LogP contribution in [-0.2, 0) is 6.54 Å². The molecule has 17 heavy (non-hydrogen) atoms. The Morgan fingerprint density at radius 3 is 2.82 bits per heavy atom. The summed E-state index contributed by atoms with van der Waals surface area (Å²) in [6.45, 7) is 4.95. The Morgan fingerprint density at radius 2 is 2.12 bits per heavy atom. The summed E-state index contributed by atoms with van der Waals surface area (Å²) in [4.78, 5) is 4.35. The highest BCUT2D eigenvalue weighted by Crippen LogP contribution is 2.15. The molecule has 0 aliphatic carbocycles. The summed E-state index contributed by atoms with van der Waals surface area (Å²) in [5.41, 5.74) is 1.77. The topological polar surface area (TPSA) is 41.6 Å². The fourth-order valence-corrected chi connectivity index (χ4v) is 1.91. The third kappa shape index (κ3) is 2.36. The first-order valence-corrected chi connectivity index (χ1v) is 5.71. The molecule has 2 aromatic rings. The molecule has 1 heterocycles. The fraction of sp³-hybridized carbons (Fsp3) is 0.286. The van der Waals surface area contributed by atoms with E-state index < -0.39 is 0 Å². The van der Waals surface area contributed by atoms with E-state index in [1.54, 1.807) is 0 Å². The summed E-state index contributed by atoms with van der Waals surface area (Å²) < 4.78 is 2.10. The second-order valence-electron chi connectivity index (χ2n) is 4.34. The van der Waals surface area contributed by atoms with Crippen LogP contribution >= 0.6 is 0 Å². The van der Waals surface area contributed by atoms with Crippen LogP contribution in [0.25, 0.3) is 0 Å². The van der Waals surface area contributed by atoms with E-state index in [-0.39, 0.29) is 0 Å². The van der Waals surface area contributed by atoms with E-state index in [0.29, 0.717) is 12.5 Å². The van der Waals surface area contributed by atoms with Crippen LogP contribution in [0.4, 0.5) is 0 Å². The number of aromatic nitrogens is 2. The van der Waals surface area contributed by atoms with Gasteiger partial charge < -0.3 is 4.57 Å². The van der Waals surface area contributed by atoms with E-state index in [0.717, 1.165) is 17.0 Å². The molecule has 0 fully saturated rings. The van der Waals surface area contributed by atoms with Gasteiger partial charge in [-0.1, -0.05) is 32.0 Å². The smallest absolute Gasteiger partial charge is 0.111 e. The van der Waals surface area contributed by atoms with Crippen LogP contribution in [0, 0.1) is 11.3 Å². The predicted molar refractivity (Wildman–Crippen MR) is 66.6 cm³/mol. The Kier molecular flexibility index (Phi) is 3.24. The van der Waals surface area contributed by atoms with Gasteiger partial charge in [-0.15, -0.1) is 0 Å². The van der Waals surface area contributed by atoms with Crippen molar-refractivity contribution in [2.45, 2.75) is 26.3 Å². The maximum Gasteiger partial charge on any atom is 0.111 e. The van der Waals surface area contributed by atoms with Crippen molar-refractivity contribution in [3.8, 4) is 6.07 Å². The first-order chi connectivity index (χ1) is 8.22. The van der Waals surface area contributed by atoms with Crippen LogP contribution in [0.3, 0.4) is 0 Å². The molecule has 1 aromatic carbocycles. The number of nitrogens with zero attached hydrogens (tertiary/aromatic N) is 3. The molecule has 0 aliphatic rings. The van der Waals surface area contributed by atoms with Gasteiger partial charge in [0.05, 0.1) is 18.2 Å². The van der Waals surface area contributed by atoms with Gasteiger partial charge in [-0.3, -0.25) is 0 Å². The van der Waals surface area contributed by atoms with Gasteiger partial charge in [-0.05, 0) is 11.6 Å². The van der Waals surface area contributed by atoms with Crippen LogP contribution in [0.15, 0.2) is 36.7 Å². The molecular formula is C14H15N3. The Balaban J connectivity index is 2.32. The van der Waals surface area contributed by atoms with Gasteiger partial charge in [0.1, 0.15) is 5.82 Å². The zero-order chi connectivity index (χ0) is 12.3. The highest BCUT2D eigenvalue weighted by Gasteiger charge is 2.08. The van der Waals surface area contributed by atoms with Crippen molar-refractivity contribution in [3.63, 3.8) is 0 Å². The molecule has 2 rings (SSSR count). The normalized spacial score (nSPS) is 10.5. The van der Waals surface area contributed by atoms with Crippen LogP contribution < -0.4 is 0 Å². The molecule has 0 N–H and O–H groups in total. The number of hydrogen-bond acceptors (Lipinski definition) is 2. The minimum absolute atomic E-state index is 0.388. The molecule has 0 saturated carbocycles. The van der Waals surface area contributed by atoms with Gasteiger partial charge in [0.15, 0.2) is 0 Å². The number of rotatable bonds is 3. The Hall–Kier alpha value is -2.08. The molecule has 3 heteroatoms. The Labute approximate surface area is 101 Å². The largest absolute Gasteiger partial charge is 0.330 e. The van der Waals surface area contributed by atoms with Gasteiger partial charge in [-0.25, -0.2) is 4.98 Å².